The van der Waals surface area contributed by atoms with Crippen molar-refractivity contribution in [3.63, 3.8) is 0 Å². The highest BCUT2D eigenvalue weighted by Crippen LogP contribution is 2.49. The second-order valence-corrected chi connectivity index (χ2v) is 13.2. The van der Waals surface area contributed by atoms with Crippen molar-refractivity contribution in [2.24, 2.45) is 0 Å². The van der Waals surface area contributed by atoms with Crippen molar-refractivity contribution >= 4 is 35.1 Å². The standard InChI is InChI=1S/C17H24BrNO6SSi/c1-23-12-7-5-6-11(10-12)15-14(20)17(25-27(2,3)4)16(24-15)13(18)8-9-19-26(21)22/h5-7,10,13,20,26H,8-9H2,1-4H3,(H,19,21,22). The fourth-order valence-electron chi connectivity index (χ4n) is 2.41. The van der Waals surface area contributed by atoms with Crippen molar-refractivity contribution in [2.45, 2.75) is 30.9 Å². The number of hydrogen-bond donors (Lipinski definition) is 3. The van der Waals surface area contributed by atoms with Gasteiger partial charge in [-0.1, -0.05) is 28.1 Å². The van der Waals surface area contributed by atoms with E-state index in [1.807, 2.05) is 19.6 Å². The molecule has 1 heterocycles. The molecule has 0 saturated carbocycles. The van der Waals surface area contributed by atoms with Gasteiger partial charge in [0, 0.05) is 12.1 Å². The Labute approximate surface area is 170 Å². The third-order valence-corrected chi connectivity index (χ3v) is 5.70. The Hall–Kier alpha value is -1.49. The van der Waals surface area contributed by atoms with Gasteiger partial charge >= 0.3 is 0 Å². The van der Waals surface area contributed by atoms with Crippen LogP contribution in [0.25, 0.3) is 11.3 Å². The lowest BCUT2D eigenvalue weighted by Crippen LogP contribution is -2.29. The first-order valence-electron chi connectivity index (χ1n) is 8.33. The maximum atomic E-state index is 10.8. The average Bonchev–Trinajstić information content (AvgIpc) is 2.90. The lowest BCUT2D eigenvalue weighted by Gasteiger charge is -2.20. The predicted molar refractivity (Wildman–Crippen MR) is 111 cm³/mol. The van der Waals surface area contributed by atoms with Gasteiger partial charge in [-0.25, -0.2) is 13.1 Å². The number of benzene rings is 1. The second kappa shape index (κ2) is 9.13. The van der Waals surface area contributed by atoms with Crippen LogP contribution in [0.4, 0.5) is 0 Å². The number of rotatable bonds is 9. The van der Waals surface area contributed by atoms with Crippen molar-refractivity contribution in [1.29, 1.82) is 0 Å². The van der Waals surface area contributed by atoms with Crippen LogP contribution in [0, 0.1) is 0 Å². The van der Waals surface area contributed by atoms with E-state index in [0.717, 1.165) is 0 Å². The highest BCUT2D eigenvalue weighted by Gasteiger charge is 2.30. The van der Waals surface area contributed by atoms with Crippen molar-refractivity contribution < 1.29 is 27.1 Å². The van der Waals surface area contributed by atoms with E-state index < -0.39 is 19.2 Å². The monoisotopic (exact) mass is 477 g/mol. The van der Waals surface area contributed by atoms with Gasteiger partial charge in [0.25, 0.3) is 0 Å². The number of hydrogen-bond acceptors (Lipinski definition) is 6. The summed E-state index contributed by atoms with van der Waals surface area (Å²) < 4.78 is 41.0. The van der Waals surface area contributed by atoms with Gasteiger partial charge in [-0.15, -0.1) is 0 Å². The molecule has 10 heteroatoms. The average molecular weight is 478 g/mol. The molecule has 7 nitrogen and oxygen atoms in total. The topological polar surface area (TPSA) is 98.0 Å². The molecule has 2 aromatic rings. The summed E-state index contributed by atoms with van der Waals surface area (Å²) >= 11 is 3.51. The minimum atomic E-state index is -2.66. The Balaban J connectivity index is 2.44. The van der Waals surface area contributed by atoms with Gasteiger partial charge in [0.2, 0.25) is 25.0 Å². The van der Waals surface area contributed by atoms with Gasteiger partial charge in [0.05, 0.1) is 11.9 Å². The molecule has 2 rings (SSSR count). The number of methoxy groups -OCH3 is 1. The molecule has 0 spiro atoms. The fraction of sp³-hybridized carbons (Fsp3) is 0.412. The molecule has 0 bridgehead atoms. The first kappa shape index (κ1) is 21.8. The molecule has 0 aliphatic carbocycles. The van der Waals surface area contributed by atoms with Crippen LogP contribution in [-0.4, -0.2) is 35.5 Å². The molecule has 0 saturated heterocycles. The number of alkyl halides is 1. The summed E-state index contributed by atoms with van der Waals surface area (Å²) in [6, 6.07) is 7.16. The SMILES string of the molecule is COc1cccc(-c2oc(C(Br)CCN[SH](=O)=O)c(O[Si](C)(C)C)c2O)c1. The number of nitrogens with one attached hydrogen (secondary N) is 1. The number of ether oxygens (including phenoxy) is 1. The van der Waals surface area contributed by atoms with E-state index in [4.69, 9.17) is 13.6 Å². The molecule has 0 fully saturated rings. The zero-order chi connectivity index (χ0) is 20.2. The van der Waals surface area contributed by atoms with E-state index in [-0.39, 0.29) is 22.9 Å². The minimum absolute atomic E-state index is 0.0759. The quantitative estimate of drug-likeness (QED) is 0.288. The lowest BCUT2D eigenvalue weighted by molar-refractivity contribution is 0.414. The van der Waals surface area contributed by atoms with Crippen molar-refractivity contribution in [3.8, 4) is 28.6 Å². The van der Waals surface area contributed by atoms with E-state index in [2.05, 4.69) is 20.7 Å². The third-order valence-electron chi connectivity index (χ3n) is 3.53. The molecule has 1 aromatic heterocycles. The molecule has 1 aromatic carbocycles. The van der Waals surface area contributed by atoms with E-state index in [0.29, 0.717) is 29.2 Å². The summed E-state index contributed by atoms with van der Waals surface area (Å²) in [6.45, 7) is 6.24. The van der Waals surface area contributed by atoms with Crippen LogP contribution in [0.3, 0.4) is 0 Å². The second-order valence-electron chi connectivity index (χ2n) is 6.84. The zero-order valence-corrected chi connectivity index (χ0v) is 19.1. The fourth-order valence-corrected chi connectivity index (χ4v) is 4.06. The van der Waals surface area contributed by atoms with Crippen molar-refractivity contribution in [1.82, 2.24) is 4.72 Å². The van der Waals surface area contributed by atoms with Gasteiger partial charge in [-0.05, 0) is 38.2 Å². The summed E-state index contributed by atoms with van der Waals surface area (Å²) in [6.07, 6.45) is 0.426. The van der Waals surface area contributed by atoms with Crippen LogP contribution < -0.4 is 13.9 Å². The first-order valence-corrected chi connectivity index (χ1v) is 13.8. The van der Waals surface area contributed by atoms with E-state index in [1.165, 1.54) is 0 Å². The van der Waals surface area contributed by atoms with Gasteiger partial charge in [-0.2, -0.15) is 0 Å². The number of furan rings is 1. The third kappa shape index (κ3) is 5.99. The summed E-state index contributed by atoms with van der Waals surface area (Å²) in [5, 5.41) is 10.8. The van der Waals surface area contributed by atoms with E-state index in [9.17, 15) is 13.5 Å². The van der Waals surface area contributed by atoms with Gasteiger partial charge < -0.3 is 18.7 Å². The first-order chi connectivity index (χ1) is 12.6. The Morgan fingerprint density at radius 3 is 2.63 bits per heavy atom. The van der Waals surface area contributed by atoms with Crippen LogP contribution in [0.15, 0.2) is 28.7 Å². The lowest BCUT2D eigenvalue weighted by atomic mass is 10.1. The Kier molecular flexibility index (Phi) is 7.37. The largest absolute Gasteiger partial charge is 0.539 e. The summed E-state index contributed by atoms with van der Waals surface area (Å²) in [7, 11) is -3.14. The Morgan fingerprint density at radius 2 is 2.04 bits per heavy atom. The van der Waals surface area contributed by atoms with Crippen molar-refractivity contribution in [2.75, 3.05) is 13.7 Å². The molecule has 150 valence electrons. The highest BCUT2D eigenvalue weighted by molar-refractivity contribution is 9.09. The maximum Gasteiger partial charge on any atom is 0.242 e. The van der Waals surface area contributed by atoms with Crippen LogP contribution in [0.1, 0.15) is 17.0 Å². The number of thiol groups is 1. The van der Waals surface area contributed by atoms with Gasteiger partial charge in [0.15, 0.2) is 17.3 Å². The molecule has 27 heavy (non-hydrogen) atoms. The maximum absolute atomic E-state index is 10.8. The van der Waals surface area contributed by atoms with Crippen LogP contribution in [0.2, 0.25) is 19.6 Å². The Bertz CT molecular complexity index is 854. The molecule has 1 atom stereocenters. The molecular formula is C17H24BrNO6SSi. The van der Waals surface area contributed by atoms with Gasteiger partial charge in [0.1, 0.15) is 5.75 Å². The molecular weight excluding hydrogens is 454 g/mol. The van der Waals surface area contributed by atoms with Crippen LogP contribution >= 0.6 is 15.9 Å². The molecule has 0 amide bonds. The van der Waals surface area contributed by atoms with Crippen LogP contribution in [0.5, 0.6) is 17.2 Å². The minimum Gasteiger partial charge on any atom is -0.539 e. The summed E-state index contributed by atoms with van der Waals surface area (Å²) in [4.78, 5) is -0.337. The molecule has 1 unspecified atom stereocenters. The zero-order valence-electron chi connectivity index (χ0n) is 15.6. The Morgan fingerprint density at radius 1 is 1.33 bits per heavy atom. The smallest absolute Gasteiger partial charge is 0.242 e. The summed E-state index contributed by atoms with van der Waals surface area (Å²) in [5.41, 5.74) is 0.652. The molecule has 0 radical (unpaired) electrons. The van der Waals surface area contributed by atoms with Crippen molar-refractivity contribution in [3.05, 3.63) is 30.0 Å². The molecule has 0 aliphatic heterocycles. The molecule has 2 N–H and O–H groups in total. The highest BCUT2D eigenvalue weighted by atomic mass is 79.9. The normalized spacial score (nSPS) is 13.0. The number of halogens is 1. The van der Waals surface area contributed by atoms with Crippen LogP contribution in [-0.2, 0) is 10.9 Å². The predicted octanol–water partition coefficient (Wildman–Crippen LogP) is 3.82. The van der Waals surface area contributed by atoms with Gasteiger partial charge in [-0.3, -0.25) is 0 Å². The van der Waals surface area contributed by atoms with E-state index >= 15 is 0 Å². The molecule has 0 aliphatic rings. The van der Waals surface area contributed by atoms with E-state index in [1.54, 1.807) is 31.4 Å². The number of aromatic hydroxyl groups is 1. The summed E-state index contributed by atoms with van der Waals surface area (Å²) in [5.74, 6) is 1.56.